The first kappa shape index (κ1) is 20.7. The molecule has 1 aliphatic rings. The Balaban J connectivity index is 0.00000243. The summed E-state index contributed by atoms with van der Waals surface area (Å²) in [6.45, 7) is 5.36. The lowest BCUT2D eigenvalue weighted by atomic mass is 10.0. The zero-order valence-corrected chi connectivity index (χ0v) is 18.0. The number of rotatable bonds is 4. The Morgan fingerprint density at radius 1 is 1.38 bits per heavy atom. The number of morpholine rings is 1. The number of aromatic nitrogens is 2. The number of aryl methyl sites for hydroxylation is 2. The van der Waals surface area contributed by atoms with Gasteiger partial charge in [-0.2, -0.15) is 5.10 Å². The van der Waals surface area contributed by atoms with E-state index in [4.69, 9.17) is 4.74 Å². The molecule has 1 aromatic heterocycles. The monoisotopic (exact) mass is 469 g/mol. The molecular formula is C19H28IN5O. The van der Waals surface area contributed by atoms with Crippen LogP contribution in [0.25, 0.3) is 0 Å². The molecule has 2 heterocycles. The average molecular weight is 469 g/mol. The Hall–Kier alpha value is -1.61. The summed E-state index contributed by atoms with van der Waals surface area (Å²) in [5, 5.41) is 7.67. The number of halogens is 1. The van der Waals surface area contributed by atoms with Crippen LogP contribution >= 0.6 is 24.0 Å². The Kier molecular flexibility index (Phi) is 7.89. The number of aliphatic imine (C=N–C) groups is 1. The summed E-state index contributed by atoms with van der Waals surface area (Å²) in [6.07, 6.45) is 4.98. The minimum Gasteiger partial charge on any atom is -0.370 e. The van der Waals surface area contributed by atoms with Gasteiger partial charge in [-0.1, -0.05) is 24.3 Å². The molecular weight excluding hydrogens is 441 g/mol. The lowest BCUT2D eigenvalue weighted by Gasteiger charge is -2.35. The highest BCUT2D eigenvalue weighted by Crippen LogP contribution is 2.24. The van der Waals surface area contributed by atoms with E-state index in [2.05, 4.69) is 51.5 Å². The molecule has 0 amide bonds. The number of hydrogen-bond acceptors (Lipinski definition) is 3. The predicted octanol–water partition coefficient (Wildman–Crippen LogP) is 2.54. The van der Waals surface area contributed by atoms with Gasteiger partial charge in [0.05, 0.1) is 19.3 Å². The van der Waals surface area contributed by atoms with Crippen LogP contribution in [0, 0.1) is 6.92 Å². The Bertz CT molecular complexity index is 730. The molecule has 1 aromatic carbocycles. The quantitative estimate of drug-likeness (QED) is 0.425. The molecule has 1 aliphatic heterocycles. The maximum atomic E-state index is 6.01. The van der Waals surface area contributed by atoms with Gasteiger partial charge >= 0.3 is 0 Å². The average Bonchev–Trinajstić information content (AvgIpc) is 3.04. The SMILES string of the molecule is CN=C(NCCc1cnn(C)c1)N1CCOC(c2ccccc2C)C1.I. The van der Waals surface area contributed by atoms with E-state index in [0.29, 0.717) is 6.61 Å². The van der Waals surface area contributed by atoms with Crippen molar-refractivity contribution in [3.63, 3.8) is 0 Å². The van der Waals surface area contributed by atoms with E-state index in [-0.39, 0.29) is 30.1 Å². The van der Waals surface area contributed by atoms with Gasteiger partial charge in [0, 0.05) is 33.4 Å². The van der Waals surface area contributed by atoms with Crippen molar-refractivity contribution in [1.82, 2.24) is 20.0 Å². The second-order valence-electron chi connectivity index (χ2n) is 6.41. The van der Waals surface area contributed by atoms with Crippen LogP contribution in [0.5, 0.6) is 0 Å². The van der Waals surface area contributed by atoms with Crippen molar-refractivity contribution in [2.24, 2.45) is 12.0 Å². The van der Waals surface area contributed by atoms with Crippen LogP contribution in [0.3, 0.4) is 0 Å². The predicted molar refractivity (Wildman–Crippen MR) is 115 cm³/mol. The van der Waals surface area contributed by atoms with Gasteiger partial charge in [-0.05, 0) is 30.0 Å². The Morgan fingerprint density at radius 2 is 2.19 bits per heavy atom. The van der Waals surface area contributed by atoms with Crippen LogP contribution in [-0.4, -0.2) is 53.9 Å². The van der Waals surface area contributed by atoms with Crippen LogP contribution in [0.2, 0.25) is 0 Å². The number of nitrogens with zero attached hydrogens (tertiary/aromatic N) is 4. The van der Waals surface area contributed by atoms with Crippen LogP contribution in [-0.2, 0) is 18.2 Å². The third kappa shape index (κ3) is 5.20. The van der Waals surface area contributed by atoms with Crippen LogP contribution in [0.1, 0.15) is 22.8 Å². The summed E-state index contributed by atoms with van der Waals surface area (Å²) >= 11 is 0. The highest BCUT2D eigenvalue weighted by Gasteiger charge is 2.24. The summed E-state index contributed by atoms with van der Waals surface area (Å²) in [4.78, 5) is 6.74. The summed E-state index contributed by atoms with van der Waals surface area (Å²) in [5.41, 5.74) is 3.76. The first-order valence-electron chi connectivity index (χ1n) is 8.77. The van der Waals surface area contributed by atoms with Crippen molar-refractivity contribution < 1.29 is 4.74 Å². The van der Waals surface area contributed by atoms with Gasteiger partial charge in [-0.3, -0.25) is 9.67 Å². The van der Waals surface area contributed by atoms with Gasteiger partial charge in [-0.25, -0.2) is 0 Å². The molecule has 2 aromatic rings. The number of guanidine groups is 1. The van der Waals surface area contributed by atoms with E-state index in [9.17, 15) is 0 Å². The molecule has 1 fully saturated rings. The molecule has 26 heavy (non-hydrogen) atoms. The molecule has 1 saturated heterocycles. The molecule has 1 atom stereocenters. The molecule has 0 radical (unpaired) electrons. The smallest absolute Gasteiger partial charge is 0.193 e. The highest BCUT2D eigenvalue weighted by molar-refractivity contribution is 14.0. The standard InChI is InChI=1S/C19H27N5O.HI/c1-15-6-4-5-7-17(15)18-14-24(10-11-25-18)19(20-2)21-9-8-16-12-22-23(3)13-16;/h4-7,12-13,18H,8-11,14H2,1-3H3,(H,20,21);1H. The third-order valence-corrected chi connectivity index (χ3v) is 4.57. The van der Waals surface area contributed by atoms with Gasteiger partial charge in [0.15, 0.2) is 5.96 Å². The highest BCUT2D eigenvalue weighted by atomic mass is 127. The minimum absolute atomic E-state index is 0. The molecule has 3 rings (SSSR count). The van der Waals surface area contributed by atoms with Crippen molar-refractivity contribution >= 4 is 29.9 Å². The second kappa shape index (κ2) is 9.91. The summed E-state index contributed by atoms with van der Waals surface area (Å²) in [7, 11) is 3.78. The van der Waals surface area contributed by atoms with Crippen LogP contribution in [0.15, 0.2) is 41.7 Å². The van der Waals surface area contributed by atoms with Crippen molar-refractivity contribution in [2.45, 2.75) is 19.4 Å². The van der Waals surface area contributed by atoms with E-state index in [1.54, 1.807) is 0 Å². The van der Waals surface area contributed by atoms with E-state index in [0.717, 1.165) is 32.0 Å². The lowest BCUT2D eigenvalue weighted by Crippen LogP contribution is -2.48. The van der Waals surface area contributed by atoms with Crippen molar-refractivity contribution in [3.05, 3.63) is 53.3 Å². The van der Waals surface area contributed by atoms with Gasteiger partial charge in [0.2, 0.25) is 0 Å². The molecule has 0 spiro atoms. The van der Waals surface area contributed by atoms with E-state index in [1.165, 1.54) is 16.7 Å². The normalized spacial score (nSPS) is 17.7. The number of nitrogens with one attached hydrogen (secondary N) is 1. The molecule has 0 bridgehead atoms. The fourth-order valence-electron chi connectivity index (χ4n) is 3.23. The summed E-state index contributed by atoms with van der Waals surface area (Å²) in [5.74, 6) is 0.936. The first-order valence-corrected chi connectivity index (χ1v) is 8.77. The Morgan fingerprint density at radius 3 is 2.88 bits per heavy atom. The van der Waals surface area contributed by atoms with Crippen molar-refractivity contribution in [2.75, 3.05) is 33.3 Å². The molecule has 1 unspecified atom stereocenters. The molecule has 0 aliphatic carbocycles. The lowest BCUT2D eigenvalue weighted by molar-refractivity contribution is -0.00829. The fourth-order valence-corrected chi connectivity index (χ4v) is 3.23. The fraction of sp³-hybridized carbons (Fsp3) is 0.474. The first-order chi connectivity index (χ1) is 12.2. The van der Waals surface area contributed by atoms with E-state index >= 15 is 0 Å². The van der Waals surface area contributed by atoms with Gasteiger partial charge in [-0.15, -0.1) is 24.0 Å². The van der Waals surface area contributed by atoms with Crippen molar-refractivity contribution in [3.8, 4) is 0 Å². The number of hydrogen-bond donors (Lipinski definition) is 1. The minimum atomic E-state index is 0. The van der Waals surface area contributed by atoms with Crippen LogP contribution in [0.4, 0.5) is 0 Å². The molecule has 0 saturated carbocycles. The van der Waals surface area contributed by atoms with Crippen LogP contribution < -0.4 is 5.32 Å². The molecule has 6 nitrogen and oxygen atoms in total. The number of benzene rings is 1. The maximum Gasteiger partial charge on any atom is 0.193 e. The summed E-state index contributed by atoms with van der Waals surface area (Å²) < 4.78 is 7.84. The molecule has 1 N–H and O–H groups in total. The molecule has 142 valence electrons. The van der Waals surface area contributed by atoms with E-state index in [1.807, 2.05) is 31.2 Å². The van der Waals surface area contributed by atoms with Crippen molar-refractivity contribution in [1.29, 1.82) is 0 Å². The maximum absolute atomic E-state index is 6.01. The van der Waals surface area contributed by atoms with Gasteiger partial charge in [0.1, 0.15) is 6.10 Å². The Labute approximate surface area is 172 Å². The van der Waals surface area contributed by atoms with Gasteiger partial charge < -0.3 is 15.0 Å². The van der Waals surface area contributed by atoms with Gasteiger partial charge in [0.25, 0.3) is 0 Å². The zero-order chi connectivity index (χ0) is 17.6. The second-order valence-corrected chi connectivity index (χ2v) is 6.41. The zero-order valence-electron chi connectivity index (χ0n) is 15.7. The topological polar surface area (TPSA) is 54.7 Å². The number of ether oxygens (including phenoxy) is 1. The summed E-state index contributed by atoms with van der Waals surface area (Å²) in [6, 6.07) is 8.44. The molecule has 7 heteroatoms. The largest absolute Gasteiger partial charge is 0.370 e. The van der Waals surface area contributed by atoms with E-state index < -0.39 is 0 Å². The third-order valence-electron chi connectivity index (χ3n) is 4.57.